The van der Waals surface area contributed by atoms with Crippen LogP contribution in [0, 0.1) is 0 Å². The van der Waals surface area contributed by atoms with Crippen LogP contribution in [-0.4, -0.2) is 32.3 Å². The van der Waals surface area contributed by atoms with Crippen LogP contribution in [0.2, 0.25) is 0 Å². The molecule has 2 aromatic rings. The predicted molar refractivity (Wildman–Crippen MR) is 73.3 cm³/mol. The number of aromatic nitrogens is 3. The molecule has 0 aromatic carbocycles. The first-order valence-corrected chi connectivity index (χ1v) is 7.00. The summed E-state index contributed by atoms with van der Waals surface area (Å²) in [5.74, 6) is 0.0318. The number of nitrogens with two attached hydrogens (primary N) is 1. The van der Waals surface area contributed by atoms with Gasteiger partial charge >= 0.3 is 0 Å². The quantitative estimate of drug-likeness (QED) is 0.850. The third kappa shape index (κ3) is 3.62. The average Bonchev–Trinajstić information content (AvgIpc) is 3.06. The molecule has 19 heavy (non-hydrogen) atoms. The first kappa shape index (κ1) is 13.7. The molecule has 0 aliphatic rings. The molecule has 2 N–H and O–H groups in total. The predicted octanol–water partition coefficient (Wildman–Crippen LogP) is 0.847. The topological polar surface area (TPSA) is 77.0 Å². The lowest BCUT2D eigenvalue weighted by molar-refractivity contribution is -0.132. The molecule has 7 heteroatoms. The Morgan fingerprint density at radius 1 is 1.58 bits per heavy atom. The molecule has 2 aromatic heterocycles. The van der Waals surface area contributed by atoms with Gasteiger partial charge in [0.05, 0.1) is 18.4 Å². The van der Waals surface area contributed by atoms with Crippen LogP contribution in [0.3, 0.4) is 0 Å². The fourth-order valence-corrected chi connectivity index (χ4v) is 2.43. The van der Waals surface area contributed by atoms with Crippen molar-refractivity contribution in [2.24, 2.45) is 5.73 Å². The Labute approximate surface area is 115 Å². The summed E-state index contributed by atoms with van der Waals surface area (Å²) in [5.41, 5.74) is 6.15. The monoisotopic (exact) mass is 279 g/mol. The Morgan fingerprint density at radius 3 is 3.00 bits per heavy atom. The normalized spacial score (nSPS) is 10.6. The van der Waals surface area contributed by atoms with E-state index in [1.165, 1.54) is 9.56 Å². The van der Waals surface area contributed by atoms with Gasteiger partial charge in [0.25, 0.3) is 0 Å². The maximum Gasteiger partial charge on any atom is 0.244 e. The molecule has 0 saturated heterocycles. The van der Waals surface area contributed by atoms with Crippen molar-refractivity contribution in [1.29, 1.82) is 0 Å². The van der Waals surface area contributed by atoms with Gasteiger partial charge in [-0.25, -0.2) is 4.68 Å². The summed E-state index contributed by atoms with van der Waals surface area (Å²) in [5, 5.41) is 9.76. The van der Waals surface area contributed by atoms with E-state index in [0.29, 0.717) is 25.3 Å². The van der Waals surface area contributed by atoms with E-state index in [1.54, 1.807) is 22.4 Å². The van der Waals surface area contributed by atoms with E-state index < -0.39 is 0 Å². The van der Waals surface area contributed by atoms with Crippen molar-refractivity contribution >= 4 is 17.2 Å². The zero-order valence-electron chi connectivity index (χ0n) is 10.8. The molecule has 0 bridgehead atoms. The van der Waals surface area contributed by atoms with Crippen molar-refractivity contribution in [1.82, 2.24) is 19.9 Å². The van der Waals surface area contributed by atoms with Crippen LogP contribution in [0.1, 0.15) is 17.5 Å². The number of amides is 1. The molecule has 0 atom stereocenters. The number of likely N-dealkylation sites (N-methyl/N-ethyl adjacent to an activating group) is 1. The van der Waals surface area contributed by atoms with Gasteiger partial charge in [-0.15, -0.1) is 16.4 Å². The second-order valence-electron chi connectivity index (χ2n) is 4.10. The summed E-state index contributed by atoms with van der Waals surface area (Å²) in [7, 11) is 0. The Bertz CT molecular complexity index is 522. The van der Waals surface area contributed by atoms with Crippen molar-refractivity contribution in [3.8, 4) is 0 Å². The highest BCUT2D eigenvalue weighted by Crippen LogP contribution is 2.12. The van der Waals surface area contributed by atoms with Crippen molar-refractivity contribution in [3.63, 3.8) is 0 Å². The molecule has 1 amide bonds. The molecule has 0 saturated carbocycles. The molecule has 2 heterocycles. The van der Waals surface area contributed by atoms with Gasteiger partial charge in [-0.05, 0) is 18.4 Å². The Balaban J connectivity index is 1.96. The molecule has 0 spiro atoms. The molecule has 6 nitrogen and oxygen atoms in total. The van der Waals surface area contributed by atoms with E-state index in [2.05, 4.69) is 10.3 Å². The Hall–Kier alpha value is -1.73. The van der Waals surface area contributed by atoms with Crippen LogP contribution < -0.4 is 5.73 Å². The smallest absolute Gasteiger partial charge is 0.244 e. The summed E-state index contributed by atoms with van der Waals surface area (Å²) in [4.78, 5) is 15.2. The third-order valence-corrected chi connectivity index (χ3v) is 3.61. The number of hydrogen-bond donors (Lipinski definition) is 1. The van der Waals surface area contributed by atoms with Gasteiger partial charge < -0.3 is 10.6 Å². The van der Waals surface area contributed by atoms with Gasteiger partial charge in [0, 0.05) is 18.0 Å². The number of carbonyl (C=O) groups is 1. The summed E-state index contributed by atoms with van der Waals surface area (Å²) >= 11 is 1.65. The van der Waals surface area contributed by atoms with Gasteiger partial charge in [-0.2, -0.15) is 0 Å². The molecule has 2 rings (SSSR count). The van der Waals surface area contributed by atoms with Gasteiger partial charge in [-0.1, -0.05) is 11.3 Å². The van der Waals surface area contributed by atoms with Crippen LogP contribution in [0.4, 0.5) is 0 Å². The van der Waals surface area contributed by atoms with Crippen molar-refractivity contribution in [2.45, 2.75) is 26.6 Å². The number of thiophene rings is 1. The molecule has 0 fully saturated rings. The second kappa shape index (κ2) is 6.44. The fraction of sp³-hybridized carbons (Fsp3) is 0.417. The SMILES string of the molecule is CCN(Cc1cccs1)C(=O)Cn1cc(CN)nn1. The van der Waals surface area contributed by atoms with E-state index in [1.807, 2.05) is 24.4 Å². The maximum atomic E-state index is 12.2. The molecular formula is C12H17N5OS. The van der Waals surface area contributed by atoms with Crippen molar-refractivity contribution in [2.75, 3.05) is 6.54 Å². The molecule has 0 unspecified atom stereocenters. The van der Waals surface area contributed by atoms with E-state index in [9.17, 15) is 4.79 Å². The maximum absolute atomic E-state index is 12.2. The lowest BCUT2D eigenvalue weighted by Crippen LogP contribution is -2.33. The molecular weight excluding hydrogens is 262 g/mol. The number of nitrogens with zero attached hydrogens (tertiary/aromatic N) is 4. The van der Waals surface area contributed by atoms with Crippen LogP contribution >= 0.6 is 11.3 Å². The largest absolute Gasteiger partial charge is 0.336 e. The standard InChI is InChI=1S/C12H17N5OS/c1-2-16(8-11-4-3-5-19-11)12(18)9-17-7-10(6-13)14-15-17/h3-5,7H,2,6,8-9,13H2,1H3. The van der Waals surface area contributed by atoms with E-state index in [4.69, 9.17) is 5.73 Å². The minimum absolute atomic E-state index is 0.0318. The Morgan fingerprint density at radius 2 is 2.42 bits per heavy atom. The fourth-order valence-electron chi connectivity index (χ4n) is 1.71. The highest BCUT2D eigenvalue weighted by atomic mass is 32.1. The third-order valence-electron chi connectivity index (χ3n) is 2.75. The van der Waals surface area contributed by atoms with Gasteiger partial charge in [0.2, 0.25) is 5.91 Å². The van der Waals surface area contributed by atoms with Crippen LogP contribution in [0.15, 0.2) is 23.7 Å². The minimum Gasteiger partial charge on any atom is -0.336 e. The van der Waals surface area contributed by atoms with Crippen LogP contribution in [-0.2, 0) is 24.4 Å². The highest BCUT2D eigenvalue weighted by molar-refractivity contribution is 7.09. The van der Waals surface area contributed by atoms with Gasteiger partial charge in [0.1, 0.15) is 6.54 Å². The lowest BCUT2D eigenvalue weighted by atomic mass is 10.4. The van der Waals surface area contributed by atoms with Crippen LogP contribution in [0.5, 0.6) is 0 Å². The van der Waals surface area contributed by atoms with E-state index in [-0.39, 0.29) is 12.5 Å². The first-order valence-electron chi connectivity index (χ1n) is 6.12. The molecule has 102 valence electrons. The summed E-state index contributed by atoms with van der Waals surface area (Å²) < 4.78 is 1.53. The zero-order valence-corrected chi connectivity index (χ0v) is 11.6. The van der Waals surface area contributed by atoms with Gasteiger partial charge in [0.15, 0.2) is 0 Å². The Kier molecular flexibility index (Phi) is 4.64. The summed E-state index contributed by atoms with van der Waals surface area (Å²) in [6.07, 6.45) is 1.71. The molecule has 0 radical (unpaired) electrons. The van der Waals surface area contributed by atoms with Crippen molar-refractivity contribution in [3.05, 3.63) is 34.3 Å². The lowest BCUT2D eigenvalue weighted by Gasteiger charge is -2.19. The number of carbonyl (C=O) groups excluding carboxylic acids is 1. The number of hydrogen-bond acceptors (Lipinski definition) is 5. The molecule has 0 aliphatic carbocycles. The second-order valence-corrected chi connectivity index (χ2v) is 5.13. The van der Waals surface area contributed by atoms with E-state index in [0.717, 1.165) is 0 Å². The summed E-state index contributed by atoms with van der Waals surface area (Å²) in [6, 6.07) is 4.02. The highest BCUT2D eigenvalue weighted by Gasteiger charge is 2.14. The van der Waals surface area contributed by atoms with Crippen molar-refractivity contribution < 1.29 is 4.79 Å². The van der Waals surface area contributed by atoms with E-state index >= 15 is 0 Å². The molecule has 0 aliphatic heterocycles. The minimum atomic E-state index is 0.0318. The van der Waals surface area contributed by atoms with Crippen LogP contribution in [0.25, 0.3) is 0 Å². The first-order chi connectivity index (χ1) is 9.22. The average molecular weight is 279 g/mol. The van der Waals surface area contributed by atoms with Gasteiger partial charge in [-0.3, -0.25) is 4.79 Å². The number of rotatable bonds is 6. The summed E-state index contributed by atoms with van der Waals surface area (Å²) in [6.45, 7) is 3.83. The zero-order chi connectivity index (χ0) is 13.7.